The van der Waals surface area contributed by atoms with Gasteiger partial charge in [-0.25, -0.2) is 0 Å². The maximum Gasteiger partial charge on any atom is 0.162 e. The fraction of sp³-hybridized carbons (Fsp3) is 0.111. The van der Waals surface area contributed by atoms with Gasteiger partial charge >= 0.3 is 0 Å². The molecule has 2 aromatic carbocycles. The van der Waals surface area contributed by atoms with Crippen LogP contribution >= 0.6 is 27.5 Å². The number of nitriles is 2. The maximum atomic E-state index is 8.87. The lowest BCUT2D eigenvalue weighted by Gasteiger charge is -2.13. The molecule has 0 aliphatic heterocycles. The van der Waals surface area contributed by atoms with Crippen LogP contribution in [-0.4, -0.2) is 7.11 Å². The molecule has 0 aromatic heterocycles. The summed E-state index contributed by atoms with van der Waals surface area (Å²) < 4.78 is 11.8. The van der Waals surface area contributed by atoms with Gasteiger partial charge in [0.05, 0.1) is 7.11 Å². The second-order valence-electron chi connectivity index (χ2n) is 4.69. The van der Waals surface area contributed by atoms with E-state index in [0.717, 1.165) is 5.56 Å². The smallest absolute Gasteiger partial charge is 0.162 e. The SMILES string of the molecule is COc1cc(C=C(C#N)C#N)c(Br)cc1OCc1ccccc1Cl. The topological polar surface area (TPSA) is 66.0 Å². The molecule has 0 spiro atoms. The van der Waals surface area contributed by atoms with Crippen molar-refractivity contribution < 1.29 is 9.47 Å². The highest BCUT2D eigenvalue weighted by Crippen LogP contribution is 2.35. The fourth-order valence-corrected chi connectivity index (χ4v) is 2.58. The van der Waals surface area contributed by atoms with Gasteiger partial charge in [-0.3, -0.25) is 0 Å². The van der Waals surface area contributed by atoms with Crippen molar-refractivity contribution in [2.75, 3.05) is 7.11 Å². The quantitative estimate of drug-likeness (QED) is 0.650. The number of hydrogen-bond donors (Lipinski definition) is 0. The van der Waals surface area contributed by atoms with E-state index in [1.165, 1.54) is 13.2 Å². The molecule has 0 aliphatic rings. The Morgan fingerprint density at radius 1 is 1.21 bits per heavy atom. The van der Waals surface area contributed by atoms with Gasteiger partial charge in [-0.2, -0.15) is 10.5 Å². The van der Waals surface area contributed by atoms with Crippen LogP contribution in [0.2, 0.25) is 5.02 Å². The van der Waals surface area contributed by atoms with Crippen molar-refractivity contribution in [2.24, 2.45) is 0 Å². The molecule has 0 N–H and O–H groups in total. The number of methoxy groups -OCH3 is 1. The highest BCUT2D eigenvalue weighted by Gasteiger charge is 2.11. The minimum absolute atomic E-state index is 0.00230. The van der Waals surface area contributed by atoms with Gasteiger partial charge in [-0.15, -0.1) is 0 Å². The van der Waals surface area contributed by atoms with E-state index in [0.29, 0.717) is 33.2 Å². The number of halogens is 2. The van der Waals surface area contributed by atoms with Crippen LogP contribution < -0.4 is 9.47 Å². The van der Waals surface area contributed by atoms with Crippen LogP contribution in [0.25, 0.3) is 6.08 Å². The number of nitrogens with zero attached hydrogens (tertiary/aromatic N) is 2. The Morgan fingerprint density at radius 3 is 2.54 bits per heavy atom. The second-order valence-corrected chi connectivity index (χ2v) is 5.95. The highest BCUT2D eigenvalue weighted by molar-refractivity contribution is 9.10. The molecule has 0 saturated carbocycles. The molecule has 0 aliphatic carbocycles. The summed E-state index contributed by atoms with van der Waals surface area (Å²) in [6.07, 6.45) is 1.48. The van der Waals surface area contributed by atoms with Gasteiger partial charge in [0.15, 0.2) is 11.5 Å². The third kappa shape index (κ3) is 4.29. The first-order chi connectivity index (χ1) is 11.6. The molecule has 0 atom stereocenters. The average molecular weight is 404 g/mol. The maximum absolute atomic E-state index is 8.87. The van der Waals surface area contributed by atoms with Gasteiger partial charge in [0.1, 0.15) is 24.3 Å². The summed E-state index contributed by atoms with van der Waals surface area (Å²) in [6.45, 7) is 0.291. The van der Waals surface area contributed by atoms with Crippen molar-refractivity contribution in [3.05, 3.63) is 62.6 Å². The number of rotatable bonds is 5. The molecule has 2 aromatic rings. The predicted molar refractivity (Wildman–Crippen MR) is 95.7 cm³/mol. The summed E-state index contributed by atoms with van der Waals surface area (Å²) in [7, 11) is 1.52. The number of ether oxygens (including phenoxy) is 2. The summed E-state index contributed by atoms with van der Waals surface area (Å²) in [5, 5.41) is 18.4. The lowest BCUT2D eigenvalue weighted by molar-refractivity contribution is 0.284. The van der Waals surface area contributed by atoms with E-state index in [4.69, 9.17) is 31.6 Å². The zero-order valence-corrected chi connectivity index (χ0v) is 15.1. The molecular weight excluding hydrogens is 392 g/mol. The van der Waals surface area contributed by atoms with Crippen LogP contribution in [-0.2, 0) is 6.61 Å². The standard InChI is InChI=1S/C18H12BrClN2O2/c1-23-17-7-14(6-12(9-21)10-22)15(19)8-18(17)24-11-13-4-2-3-5-16(13)20/h2-8H,11H2,1H3. The van der Waals surface area contributed by atoms with E-state index >= 15 is 0 Å². The largest absolute Gasteiger partial charge is 0.493 e. The predicted octanol–water partition coefficient (Wildman–Crippen LogP) is 5.12. The van der Waals surface area contributed by atoms with Crippen LogP contribution in [0.15, 0.2) is 46.4 Å². The summed E-state index contributed by atoms with van der Waals surface area (Å²) in [4.78, 5) is 0. The zero-order chi connectivity index (χ0) is 17.5. The highest BCUT2D eigenvalue weighted by atomic mass is 79.9. The van der Waals surface area contributed by atoms with E-state index in [9.17, 15) is 0 Å². The first-order valence-electron chi connectivity index (χ1n) is 6.84. The Morgan fingerprint density at radius 2 is 1.92 bits per heavy atom. The second kappa shape index (κ2) is 8.40. The Balaban J connectivity index is 2.31. The summed E-state index contributed by atoms with van der Waals surface area (Å²) in [5.41, 5.74) is 1.51. The number of allylic oxidation sites excluding steroid dienone is 1. The molecule has 4 nitrogen and oxygen atoms in total. The summed E-state index contributed by atoms with van der Waals surface area (Å²) in [6, 6.07) is 14.5. The van der Waals surface area contributed by atoms with Crippen molar-refractivity contribution in [2.45, 2.75) is 6.61 Å². The van der Waals surface area contributed by atoms with E-state index in [1.807, 2.05) is 30.3 Å². The Hall–Kier alpha value is -2.47. The molecular formula is C18H12BrClN2O2. The molecule has 0 saturated heterocycles. The Bertz CT molecular complexity index is 850. The van der Waals surface area contributed by atoms with Gasteiger partial charge in [0.25, 0.3) is 0 Å². The number of hydrogen-bond acceptors (Lipinski definition) is 4. The lowest BCUT2D eigenvalue weighted by atomic mass is 10.1. The Labute approximate surface area is 153 Å². The third-order valence-corrected chi connectivity index (χ3v) is 4.22. The molecule has 0 bridgehead atoms. The Kier molecular flexibility index (Phi) is 6.26. The molecule has 0 amide bonds. The average Bonchev–Trinajstić information content (AvgIpc) is 2.60. The van der Waals surface area contributed by atoms with E-state index in [2.05, 4.69) is 15.9 Å². The lowest BCUT2D eigenvalue weighted by Crippen LogP contribution is -1.99. The molecule has 0 fully saturated rings. The van der Waals surface area contributed by atoms with Crippen LogP contribution in [0, 0.1) is 22.7 Å². The minimum atomic E-state index is 0.00230. The minimum Gasteiger partial charge on any atom is -0.493 e. The van der Waals surface area contributed by atoms with E-state index in [-0.39, 0.29) is 5.57 Å². The molecule has 120 valence electrons. The molecule has 0 unspecified atom stereocenters. The summed E-state index contributed by atoms with van der Waals surface area (Å²) in [5.74, 6) is 1.02. The first-order valence-corrected chi connectivity index (χ1v) is 8.01. The normalized spacial score (nSPS) is 9.54. The first kappa shape index (κ1) is 17.9. The van der Waals surface area contributed by atoms with Crippen molar-refractivity contribution in [1.29, 1.82) is 10.5 Å². The van der Waals surface area contributed by atoms with Crippen molar-refractivity contribution >= 4 is 33.6 Å². The van der Waals surface area contributed by atoms with E-state index in [1.54, 1.807) is 18.2 Å². The molecule has 0 radical (unpaired) electrons. The van der Waals surface area contributed by atoms with Gasteiger partial charge in [0, 0.05) is 15.1 Å². The van der Waals surface area contributed by atoms with Gasteiger partial charge < -0.3 is 9.47 Å². The van der Waals surface area contributed by atoms with Crippen LogP contribution in [0.4, 0.5) is 0 Å². The van der Waals surface area contributed by atoms with Gasteiger partial charge in [-0.1, -0.05) is 45.7 Å². The van der Waals surface area contributed by atoms with Gasteiger partial charge in [-0.05, 0) is 29.8 Å². The molecule has 6 heteroatoms. The van der Waals surface area contributed by atoms with Crippen LogP contribution in [0.3, 0.4) is 0 Å². The van der Waals surface area contributed by atoms with Crippen molar-refractivity contribution in [3.8, 4) is 23.6 Å². The van der Waals surface area contributed by atoms with Gasteiger partial charge in [0.2, 0.25) is 0 Å². The zero-order valence-electron chi connectivity index (χ0n) is 12.7. The van der Waals surface area contributed by atoms with Crippen LogP contribution in [0.5, 0.6) is 11.5 Å². The van der Waals surface area contributed by atoms with Crippen molar-refractivity contribution in [1.82, 2.24) is 0 Å². The summed E-state index contributed by atoms with van der Waals surface area (Å²) >= 11 is 9.53. The number of benzene rings is 2. The molecule has 2 rings (SSSR count). The molecule has 0 heterocycles. The fourth-order valence-electron chi connectivity index (χ4n) is 1.95. The third-order valence-electron chi connectivity index (χ3n) is 3.16. The monoisotopic (exact) mass is 402 g/mol. The van der Waals surface area contributed by atoms with Crippen LogP contribution in [0.1, 0.15) is 11.1 Å². The molecule has 24 heavy (non-hydrogen) atoms. The van der Waals surface area contributed by atoms with Crippen molar-refractivity contribution in [3.63, 3.8) is 0 Å². The van der Waals surface area contributed by atoms with E-state index < -0.39 is 0 Å².